The molecule has 0 fully saturated rings. The van der Waals surface area contributed by atoms with Gasteiger partial charge in [0.2, 0.25) is 5.95 Å². The Kier molecular flexibility index (Phi) is 3.30. The van der Waals surface area contributed by atoms with Gasteiger partial charge < -0.3 is 9.72 Å². The Labute approximate surface area is 100.0 Å². The molecule has 0 radical (unpaired) electrons. The SMILES string of the molecule is CCc1cc(-c2cnc(NN)[nH]2)ccc1OC. The van der Waals surface area contributed by atoms with E-state index in [0.717, 1.165) is 23.4 Å². The third kappa shape index (κ3) is 2.24. The molecule has 0 saturated carbocycles. The van der Waals surface area contributed by atoms with Crippen molar-refractivity contribution in [2.75, 3.05) is 12.5 Å². The molecule has 5 nitrogen and oxygen atoms in total. The molecule has 0 aliphatic carbocycles. The van der Waals surface area contributed by atoms with Crippen LogP contribution < -0.4 is 16.0 Å². The van der Waals surface area contributed by atoms with Crippen LogP contribution in [-0.4, -0.2) is 17.1 Å². The van der Waals surface area contributed by atoms with Gasteiger partial charge in [0.05, 0.1) is 19.0 Å². The molecule has 5 heteroatoms. The summed E-state index contributed by atoms with van der Waals surface area (Å²) in [5.41, 5.74) is 5.64. The Morgan fingerprint density at radius 2 is 2.29 bits per heavy atom. The standard InChI is InChI=1S/C12H16N4O/c1-3-8-6-9(4-5-11(8)17-2)10-7-14-12(15-10)16-13/h4-7H,3,13H2,1-2H3,(H2,14,15,16). The second kappa shape index (κ2) is 4.88. The number of H-pyrrole nitrogens is 1. The van der Waals surface area contributed by atoms with E-state index in [-0.39, 0.29) is 0 Å². The summed E-state index contributed by atoms with van der Waals surface area (Å²) in [6.07, 6.45) is 2.67. The van der Waals surface area contributed by atoms with Crippen molar-refractivity contribution >= 4 is 5.95 Å². The zero-order chi connectivity index (χ0) is 12.3. The van der Waals surface area contributed by atoms with E-state index in [0.29, 0.717) is 5.95 Å². The van der Waals surface area contributed by atoms with E-state index in [1.165, 1.54) is 5.56 Å². The summed E-state index contributed by atoms with van der Waals surface area (Å²) < 4.78 is 5.30. The lowest BCUT2D eigenvalue weighted by Crippen LogP contribution is -2.07. The second-order valence-corrected chi connectivity index (χ2v) is 3.67. The van der Waals surface area contributed by atoms with Crippen LogP contribution in [0, 0.1) is 0 Å². The van der Waals surface area contributed by atoms with Crippen LogP contribution in [0.1, 0.15) is 12.5 Å². The molecule has 2 rings (SSSR count). The number of anilines is 1. The molecule has 0 atom stereocenters. The van der Waals surface area contributed by atoms with Gasteiger partial charge in [-0.2, -0.15) is 0 Å². The van der Waals surface area contributed by atoms with E-state index < -0.39 is 0 Å². The maximum absolute atomic E-state index is 5.30. The van der Waals surface area contributed by atoms with E-state index in [9.17, 15) is 0 Å². The van der Waals surface area contributed by atoms with Gasteiger partial charge in [-0.15, -0.1) is 0 Å². The van der Waals surface area contributed by atoms with Crippen LogP contribution in [0.15, 0.2) is 24.4 Å². The minimum Gasteiger partial charge on any atom is -0.496 e. The summed E-state index contributed by atoms with van der Waals surface area (Å²) in [6.45, 7) is 2.10. The lowest BCUT2D eigenvalue weighted by atomic mass is 10.1. The molecule has 2 aromatic rings. The third-order valence-corrected chi connectivity index (χ3v) is 2.68. The van der Waals surface area contributed by atoms with Gasteiger partial charge >= 0.3 is 0 Å². The van der Waals surface area contributed by atoms with Gasteiger partial charge in [-0.05, 0) is 30.2 Å². The maximum atomic E-state index is 5.30. The predicted molar refractivity (Wildman–Crippen MR) is 67.8 cm³/mol. The van der Waals surface area contributed by atoms with Gasteiger partial charge in [-0.3, -0.25) is 5.43 Å². The van der Waals surface area contributed by atoms with Crippen LogP contribution in [0.2, 0.25) is 0 Å². The molecule has 0 saturated heterocycles. The number of imidazole rings is 1. The van der Waals surface area contributed by atoms with Crippen LogP contribution in [0.3, 0.4) is 0 Å². The topological polar surface area (TPSA) is 76.0 Å². The number of hydrogen-bond acceptors (Lipinski definition) is 4. The first-order chi connectivity index (χ1) is 8.28. The number of benzene rings is 1. The number of aromatic nitrogens is 2. The van der Waals surface area contributed by atoms with Gasteiger partial charge in [-0.25, -0.2) is 10.8 Å². The van der Waals surface area contributed by atoms with E-state index in [1.54, 1.807) is 13.3 Å². The number of hydrazine groups is 1. The smallest absolute Gasteiger partial charge is 0.215 e. The zero-order valence-corrected chi connectivity index (χ0v) is 9.95. The number of nitrogen functional groups attached to an aromatic ring is 1. The lowest BCUT2D eigenvalue weighted by Gasteiger charge is -2.08. The summed E-state index contributed by atoms with van der Waals surface area (Å²) in [6, 6.07) is 6.04. The number of rotatable bonds is 4. The number of nitrogens with zero attached hydrogens (tertiary/aromatic N) is 1. The molecular formula is C12H16N4O. The van der Waals surface area contributed by atoms with E-state index >= 15 is 0 Å². The van der Waals surface area contributed by atoms with Crippen LogP contribution in [0.4, 0.5) is 5.95 Å². The molecule has 90 valence electrons. The molecular weight excluding hydrogens is 216 g/mol. The highest BCUT2D eigenvalue weighted by Gasteiger charge is 2.06. The Balaban J connectivity index is 2.38. The highest BCUT2D eigenvalue weighted by Crippen LogP contribution is 2.26. The highest BCUT2D eigenvalue weighted by molar-refractivity contribution is 5.63. The Morgan fingerprint density at radius 3 is 2.88 bits per heavy atom. The quantitative estimate of drug-likeness (QED) is 0.556. The van der Waals surface area contributed by atoms with E-state index in [2.05, 4.69) is 28.4 Å². The van der Waals surface area contributed by atoms with Crippen molar-refractivity contribution < 1.29 is 4.74 Å². The minimum absolute atomic E-state index is 0.550. The Hall–Kier alpha value is -2.01. The molecule has 0 spiro atoms. The molecule has 0 amide bonds. The fraction of sp³-hybridized carbons (Fsp3) is 0.250. The van der Waals surface area contributed by atoms with Crippen LogP contribution in [-0.2, 0) is 6.42 Å². The van der Waals surface area contributed by atoms with Crippen molar-refractivity contribution in [2.24, 2.45) is 5.84 Å². The zero-order valence-electron chi connectivity index (χ0n) is 9.95. The van der Waals surface area contributed by atoms with Gasteiger partial charge in [0.1, 0.15) is 5.75 Å². The number of nitrogens with two attached hydrogens (primary N) is 1. The summed E-state index contributed by atoms with van der Waals surface area (Å²) >= 11 is 0. The number of methoxy groups -OCH3 is 1. The number of ether oxygens (including phenoxy) is 1. The first-order valence-corrected chi connectivity index (χ1v) is 5.47. The summed E-state index contributed by atoms with van der Waals surface area (Å²) in [5.74, 6) is 6.74. The molecule has 4 N–H and O–H groups in total. The first kappa shape index (κ1) is 11.5. The maximum Gasteiger partial charge on any atom is 0.215 e. The third-order valence-electron chi connectivity index (χ3n) is 2.68. The lowest BCUT2D eigenvalue weighted by molar-refractivity contribution is 0.410. The predicted octanol–water partition coefficient (Wildman–Crippen LogP) is 1.93. The fourth-order valence-electron chi connectivity index (χ4n) is 1.76. The molecule has 0 aliphatic heterocycles. The van der Waals surface area contributed by atoms with Gasteiger partial charge in [-0.1, -0.05) is 6.92 Å². The van der Waals surface area contributed by atoms with E-state index in [1.807, 2.05) is 12.1 Å². The summed E-state index contributed by atoms with van der Waals surface area (Å²) in [5, 5.41) is 0. The van der Waals surface area contributed by atoms with Gasteiger partial charge in [0, 0.05) is 5.56 Å². The summed E-state index contributed by atoms with van der Waals surface area (Å²) in [7, 11) is 1.68. The average Bonchev–Trinajstić information content (AvgIpc) is 2.86. The van der Waals surface area contributed by atoms with Gasteiger partial charge in [0.15, 0.2) is 0 Å². The average molecular weight is 232 g/mol. The van der Waals surface area contributed by atoms with Crippen molar-refractivity contribution in [3.05, 3.63) is 30.0 Å². The van der Waals surface area contributed by atoms with Crippen LogP contribution in [0.25, 0.3) is 11.3 Å². The molecule has 0 unspecified atom stereocenters. The summed E-state index contributed by atoms with van der Waals surface area (Å²) in [4.78, 5) is 7.17. The molecule has 1 heterocycles. The fourth-order valence-corrected chi connectivity index (χ4v) is 1.76. The second-order valence-electron chi connectivity index (χ2n) is 3.67. The van der Waals surface area contributed by atoms with Crippen molar-refractivity contribution in [3.63, 3.8) is 0 Å². The Morgan fingerprint density at radius 1 is 1.47 bits per heavy atom. The largest absolute Gasteiger partial charge is 0.496 e. The van der Waals surface area contributed by atoms with Crippen molar-refractivity contribution in [3.8, 4) is 17.0 Å². The molecule has 17 heavy (non-hydrogen) atoms. The van der Waals surface area contributed by atoms with Gasteiger partial charge in [0.25, 0.3) is 0 Å². The number of aromatic amines is 1. The molecule has 0 aliphatic rings. The van der Waals surface area contributed by atoms with Crippen LogP contribution >= 0.6 is 0 Å². The Bertz CT molecular complexity index is 507. The van der Waals surface area contributed by atoms with Crippen molar-refractivity contribution in [2.45, 2.75) is 13.3 Å². The number of hydrogen-bond donors (Lipinski definition) is 3. The molecule has 1 aromatic carbocycles. The molecule has 0 bridgehead atoms. The number of nitrogens with one attached hydrogen (secondary N) is 2. The minimum atomic E-state index is 0.550. The van der Waals surface area contributed by atoms with E-state index in [4.69, 9.17) is 10.6 Å². The van der Waals surface area contributed by atoms with Crippen molar-refractivity contribution in [1.82, 2.24) is 9.97 Å². The molecule has 1 aromatic heterocycles. The highest BCUT2D eigenvalue weighted by atomic mass is 16.5. The normalized spacial score (nSPS) is 10.3. The monoisotopic (exact) mass is 232 g/mol. The first-order valence-electron chi connectivity index (χ1n) is 5.47. The van der Waals surface area contributed by atoms with Crippen molar-refractivity contribution in [1.29, 1.82) is 0 Å². The number of aryl methyl sites for hydroxylation is 1. The van der Waals surface area contributed by atoms with Crippen LogP contribution in [0.5, 0.6) is 5.75 Å².